The van der Waals surface area contributed by atoms with Crippen molar-refractivity contribution >= 4 is 17.7 Å². The summed E-state index contributed by atoms with van der Waals surface area (Å²) in [6, 6.07) is 3.77. The first-order chi connectivity index (χ1) is 6.63. The van der Waals surface area contributed by atoms with Gasteiger partial charge in [0.05, 0.1) is 5.75 Å². The van der Waals surface area contributed by atoms with E-state index >= 15 is 0 Å². The Labute approximate surface area is 87.5 Å². The molecule has 3 nitrogen and oxygen atoms in total. The molecule has 0 aliphatic rings. The lowest BCUT2D eigenvalue weighted by Gasteiger charge is -2.07. The van der Waals surface area contributed by atoms with Crippen molar-refractivity contribution in [3.63, 3.8) is 0 Å². The minimum absolute atomic E-state index is 0.333. The molecule has 0 aliphatic carbocycles. The minimum Gasteiger partial charge on any atom is -0.480 e. The van der Waals surface area contributed by atoms with Crippen molar-refractivity contribution in [2.75, 3.05) is 0 Å². The van der Waals surface area contributed by atoms with Crippen molar-refractivity contribution in [3.05, 3.63) is 23.7 Å². The molecule has 1 N–H and O–H groups in total. The Bertz CT molecular complexity index is 306. The van der Waals surface area contributed by atoms with Gasteiger partial charge in [0, 0.05) is 0 Å². The van der Waals surface area contributed by atoms with Gasteiger partial charge in [-0.15, -0.1) is 11.8 Å². The van der Waals surface area contributed by atoms with E-state index in [0.717, 1.165) is 11.5 Å². The zero-order valence-corrected chi connectivity index (χ0v) is 9.13. The molecule has 1 rings (SSSR count). The molecular formula is C10H14O3S. The SMILES string of the molecule is CCC(SCc1ccc(C)o1)C(=O)O. The molecule has 14 heavy (non-hydrogen) atoms. The number of aliphatic carboxylic acids is 1. The molecule has 0 saturated heterocycles. The van der Waals surface area contributed by atoms with Gasteiger partial charge in [0.1, 0.15) is 16.8 Å². The van der Waals surface area contributed by atoms with Crippen LogP contribution in [0.1, 0.15) is 24.9 Å². The summed E-state index contributed by atoms with van der Waals surface area (Å²) in [5, 5.41) is 8.47. The third-order valence-corrected chi connectivity index (χ3v) is 3.26. The molecule has 0 radical (unpaired) electrons. The Morgan fingerprint density at radius 2 is 2.36 bits per heavy atom. The zero-order valence-electron chi connectivity index (χ0n) is 8.32. The largest absolute Gasteiger partial charge is 0.480 e. The number of hydrogen-bond donors (Lipinski definition) is 1. The van der Waals surface area contributed by atoms with Crippen molar-refractivity contribution in [1.29, 1.82) is 0 Å². The van der Waals surface area contributed by atoms with Crippen molar-refractivity contribution in [2.24, 2.45) is 0 Å². The molecule has 0 spiro atoms. The Balaban J connectivity index is 2.43. The number of aryl methyl sites for hydroxylation is 1. The van der Waals surface area contributed by atoms with E-state index in [1.807, 2.05) is 26.0 Å². The first-order valence-corrected chi connectivity index (χ1v) is 5.58. The summed E-state index contributed by atoms with van der Waals surface area (Å²) >= 11 is 1.40. The van der Waals surface area contributed by atoms with Crippen LogP contribution in [0.2, 0.25) is 0 Å². The Hall–Kier alpha value is -0.900. The predicted molar refractivity (Wildman–Crippen MR) is 56.5 cm³/mol. The lowest BCUT2D eigenvalue weighted by atomic mass is 10.3. The summed E-state index contributed by atoms with van der Waals surface area (Å²) in [6.45, 7) is 3.75. The van der Waals surface area contributed by atoms with E-state index in [9.17, 15) is 4.79 Å². The number of carboxylic acid groups (broad SMARTS) is 1. The van der Waals surface area contributed by atoms with Gasteiger partial charge in [0.2, 0.25) is 0 Å². The summed E-state index contributed by atoms with van der Waals surface area (Å²) in [4.78, 5) is 10.7. The normalized spacial score (nSPS) is 12.7. The monoisotopic (exact) mass is 214 g/mol. The minimum atomic E-state index is -0.749. The molecule has 0 saturated carbocycles. The van der Waals surface area contributed by atoms with Gasteiger partial charge in [-0.1, -0.05) is 6.92 Å². The maximum Gasteiger partial charge on any atom is 0.316 e. The molecule has 1 aromatic rings. The van der Waals surface area contributed by atoms with E-state index in [1.165, 1.54) is 11.8 Å². The van der Waals surface area contributed by atoms with Crippen LogP contribution in [0, 0.1) is 6.92 Å². The second-order valence-electron chi connectivity index (χ2n) is 3.06. The fraction of sp³-hybridized carbons (Fsp3) is 0.500. The van der Waals surface area contributed by atoms with Crippen LogP contribution in [0.15, 0.2) is 16.5 Å². The molecule has 0 bridgehead atoms. The molecule has 1 heterocycles. The van der Waals surface area contributed by atoms with E-state index in [-0.39, 0.29) is 5.25 Å². The number of thioether (sulfide) groups is 1. The average molecular weight is 214 g/mol. The molecule has 78 valence electrons. The standard InChI is InChI=1S/C10H14O3S/c1-3-9(10(11)12)14-6-8-5-4-7(2)13-8/h4-5,9H,3,6H2,1-2H3,(H,11,12). The fourth-order valence-corrected chi connectivity index (χ4v) is 2.01. The van der Waals surface area contributed by atoms with Gasteiger partial charge in [0.15, 0.2) is 0 Å². The smallest absolute Gasteiger partial charge is 0.316 e. The first kappa shape index (κ1) is 11.2. The molecule has 0 aliphatic heterocycles. The van der Waals surface area contributed by atoms with E-state index in [4.69, 9.17) is 9.52 Å². The van der Waals surface area contributed by atoms with Gasteiger partial charge in [-0.2, -0.15) is 0 Å². The van der Waals surface area contributed by atoms with E-state index < -0.39 is 5.97 Å². The maximum atomic E-state index is 10.7. The summed E-state index contributed by atoms with van der Waals surface area (Å²) in [5.41, 5.74) is 0. The van der Waals surface area contributed by atoms with Gasteiger partial charge in [-0.25, -0.2) is 0 Å². The summed E-state index contributed by atoms with van der Waals surface area (Å²) in [7, 11) is 0. The van der Waals surface area contributed by atoms with E-state index in [0.29, 0.717) is 12.2 Å². The van der Waals surface area contributed by atoms with Crippen LogP contribution in [-0.2, 0) is 10.5 Å². The highest BCUT2D eigenvalue weighted by Gasteiger charge is 2.15. The fourth-order valence-electron chi connectivity index (χ4n) is 1.11. The number of furan rings is 1. The second-order valence-corrected chi connectivity index (χ2v) is 4.25. The molecule has 4 heteroatoms. The number of hydrogen-bond acceptors (Lipinski definition) is 3. The Morgan fingerprint density at radius 3 is 2.79 bits per heavy atom. The molecule has 0 fully saturated rings. The van der Waals surface area contributed by atoms with Crippen molar-refractivity contribution in [2.45, 2.75) is 31.3 Å². The number of carbonyl (C=O) groups is 1. The highest BCUT2D eigenvalue weighted by molar-refractivity contribution is 7.99. The van der Waals surface area contributed by atoms with Gasteiger partial charge in [0.25, 0.3) is 0 Å². The zero-order chi connectivity index (χ0) is 10.6. The molecular weight excluding hydrogens is 200 g/mol. The van der Waals surface area contributed by atoms with Crippen LogP contribution in [0.3, 0.4) is 0 Å². The molecule has 1 aromatic heterocycles. The molecule has 1 unspecified atom stereocenters. The van der Waals surface area contributed by atoms with Crippen LogP contribution >= 0.6 is 11.8 Å². The third-order valence-electron chi connectivity index (χ3n) is 1.87. The Kier molecular flexibility index (Phi) is 4.07. The highest BCUT2D eigenvalue weighted by Crippen LogP contribution is 2.21. The summed E-state index contributed by atoms with van der Waals surface area (Å²) < 4.78 is 5.34. The quantitative estimate of drug-likeness (QED) is 0.818. The summed E-state index contributed by atoms with van der Waals surface area (Å²) in [6.07, 6.45) is 0.639. The molecule has 0 aromatic carbocycles. The third kappa shape index (κ3) is 3.10. The second kappa shape index (κ2) is 5.10. The maximum absolute atomic E-state index is 10.7. The topological polar surface area (TPSA) is 50.4 Å². The lowest BCUT2D eigenvalue weighted by molar-refractivity contribution is -0.136. The van der Waals surface area contributed by atoms with Crippen LogP contribution in [0.4, 0.5) is 0 Å². The average Bonchev–Trinajstić information content (AvgIpc) is 2.52. The lowest BCUT2D eigenvalue weighted by Crippen LogP contribution is -2.14. The highest BCUT2D eigenvalue weighted by atomic mass is 32.2. The summed E-state index contributed by atoms with van der Waals surface area (Å²) in [5.74, 6) is 1.58. The van der Waals surface area contributed by atoms with Crippen molar-refractivity contribution in [1.82, 2.24) is 0 Å². The number of carboxylic acids is 1. The Morgan fingerprint density at radius 1 is 1.64 bits per heavy atom. The van der Waals surface area contributed by atoms with Crippen molar-refractivity contribution < 1.29 is 14.3 Å². The van der Waals surface area contributed by atoms with E-state index in [1.54, 1.807) is 0 Å². The van der Waals surface area contributed by atoms with Gasteiger partial charge in [-0.3, -0.25) is 4.79 Å². The van der Waals surface area contributed by atoms with Crippen molar-refractivity contribution in [3.8, 4) is 0 Å². The predicted octanol–water partition coefficient (Wildman–Crippen LogP) is 2.68. The van der Waals surface area contributed by atoms with Crippen LogP contribution < -0.4 is 0 Å². The van der Waals surface area contributed by atoms with Gasteiger partial charge < -0.3 is 9.52 Å². The first-order valence-electron chi connectivity index (χ1n) is 4.53. The van der Waals surface area contributed by atoms with Crippen LogP contribution in [-0.4, -0.2) is 16.3 Å². The molecule has 1 atom stereocenters. The van der Waals surface area contributed by atoms with Crippen LogP contribution in [0.5, 0.6) is 0 Å². The molecule has 0 amide bonds. The number of rotatable bonds is 5. The van der Waals surface area contributed by atoms with Gasteiger partial charge >= 0.3 is 5.97 Å². The van der Waals surface area contributed by atoms with Crippen LogP contribution in [0.25, 0.3) is 0 Å². The van der Waals surface area contributed by atoms with Gasteiger partial charge in [-0.05, 0) is 25.5 Å². The van der Waals surface area contributed by atoms with E-state index in [2.05, 4.69) is 0 Å².